The zero-order valence-corrected chi connectivity index (χ0v) is 23.9. The number of hydrazone groups is 1. The molecule has 1 heterocycles. The van der Waals surface area contributed by atoms with Crippen molar-refractivity contribution in [3.05, 3.63) is 112 Å². The fourth-order valence-corrected chi connectivity index (χ4v) is 4.72. The number of hydrogen-bond donors (Lipinski definition) is 2. The maximum atomic E-state index is 13.4. The van der Waals surface area contributed by atoms with Crippen LogP contribution in [0.1, 0.15) is 33.3 Å². The van der Waals surface area contributed by atoms with Gasteiger partial charge in [0.15, 0.2) is 0 Å². The van der Waals surface area contributed by atoms with Gasteiger partial charge >= 0.3 is 5.97 Å². The molecule has 0 bridgehead atoms. The van der Waals surface area contributed by atoms with Gasteiger partial charge in [-0.05, 0) is 67.1 Å². The van der Waals surface area contributed by atoms with Crippen molar-refractivity contribution in [1.82, 2.24) is 10.4 Å². The van der Waals surface area contributed by atoms with E-state index in [4.69, 9.17) is 14.2 Å². The Morgan fingerprint density at radius 1 is 0.951 bits per heavy atom. The van der Waals surface area contributed by atoms with E-state index < -0.39 is 11.9 Å². The van der Waals surface area contributed by atoms with Crippen LogP contribution in [0.15, 0.2) is 101 Å². The molecular weight excluding hydrogens is 586 g/mol. The fourth-order valence-electron chi connectivity index (χ4n) is 4.34. The highest BCUT2D eigenvalue weighted by Gasteiger charge is 2.20. The Balaban J connectivity index is 1.41. The monoisotopic (exact) mass is 611 g/mol. The zero-order valence-electron chi connectivity index (χ0n) is 22.3. The number of aromatic amines is 1. The smallest absolute Gasteiger partial charge is 0.343 e. The topological polar surface area (TPSA) is 102 Å². The maximum Gasteiger partial charge on any atom is 0.343 e. The Labute approximate surface area is 245 Å². The Morgan fingerprint density at radius 2 is 1.78 bits per heavy atom. The van der Waals surface area contributed by atoms with E-state index in [1.807, 2.05) is 55.5 Å². The Morgan fingerprint density at radius 3 is 2.56 bits per heavy atom. The molecule has 9 heteroatoms. The molecule has 0 saturated heterocycles. The molecule has 0 radical (unpaired) electrons. The number of amides is 1. The highest BCUT2D eigenvalue weighted by atomic mass is 79.9. The third-order valence-electron chi connectivity index (χ3n) is 6.22. The minimum atomic E-state index is -0.554. The van der Waals surface area contributed by atoms with E-state index >= 15 is 0 Å². The number of carbonyl (C=O) groups excluding carboxylic acids is 2. The van der Waals surface area contributed by atoms with Crippen molar-refractivity contribution in [1.29, 1.82) is 0 Å². The quantitative estimate of drug-likeness (QED) is 0.0809. The molecular formula is C32H26BrN3O5. The summed E-state index contributed by atoms with van der Waals surface area (Å²) in [5.41, 5.74) is 6.19. The van der Waals surface area contributed by atoms with Gasteiger partial charge in [0, 0.05) is 26.5 Å². The molecule has 0 aliphatic carbocycles. The van der Waals surface area contributed by atoms with Crippen LogP contribution in [-0.4, -0.2) is 36.8 Å². The van der Waals surface area contributed by atoms with Gasteiger partial charge in [0.2, 0.25) is 0 Å². The van der Waals surface area contributed by atoms with Crippen molar-refractivity contribution in [2.45, 2.75) is 6.92 Å². The zero-order chi connectivity index (χ0) is 28.8. The SMILES string of the molecule is CCOc1ccc2[nH]c(C(=O)NN=Cc3cc(Br)ccc3OC(=O)c3cccc(OC)c3)c(-c3ccccc3)c2c1. The van der Waals surface area contributed by atoms with Crippen molar-refractivity contribution in [3.8, 4) is 28.4 Å². The molecule has 0 aliphatic heterocycles. The molecule has 1 amide bonds. The van der Waals surface area contributed by atoms with E-state index in [0.717, 1.165) is 26.5 Å². The second kappa shape index (κ2) is 12.5. The van der Waals surface area contributed by atoms with E-state index in [-0.39, 0.29) is 5.75 Å². The molecule has 4 aromatic carbocycles. The summed E-state index contributed by atoms with van der Waals surface area (Å²) in [5, 5.41) is 5.03. The second-order valence-electron chi connectivity index (χ2n) is 8.88. The molecule has 1 aromatic heterocycles. The number of carbonyl (C=O) groups is 2. The van der Waals surface area contributed by atoms with Crippen molar-refractivity contribution in [2.24, 2.45) is 5.10 Å². The van der Waals surface area contributed by atoms with E-state index in [1.54, 1.807) is 42.5 Å². The maximum absolute atomic E-state index is 13.4. The number of benzene rings is 4. The van der Waals surface area contributed by atoms with Gasteiger partial charge in [-0.3, -0.25) is 4.79 Å². The first-order chi connectivity index (χ1) is 20.0. The van der Waals surface area contributed by atoms with E-state index in [9.17, 15) is 9.59 Å². The van der Waals surface area contributed by atoms with E-state index in [2.05, 4.69) is 31.4 Å². The minimum absolute atomic E-state index is 0.276. The van der Waals surface area contributed by atoms with Crippen LogP contribution in [0.3, 0.4) is 0 Å². The van der Waals surface area contributed by atoms with Crippen LogP contribution < -0.4 is 19.6 Å². The summed E-state index contributed by atoms with van der Waals surface area (Å²) in [7, 11) is 1.53. The molecule has 0 unspecified atom stereocenters. The van der Waals surface area contributed by atoms with Crippen LogP contribution in [0.2, 0.25) is 0 Å². The normalized spacial score (nSPS) is 11.0. The van der Waals surface area contributed by atoms with Crippen LogP contribution in [0.25, 0.3) is 22.0 Å². The third kappa shape index (κ3) is 6.31. The molecule has 8 nitrogen and oxygen atoms in total. The van der Waals surface area contributed by atoms with Crippen LogP contribution in [0, 0.1) is 0 Å². The van der Waals surface area contributed by atoms with Gasteiger partial charge in [-0.1, -0.05) is 52.3 Å². The molecule has 41 heavy (non-hydrogen) atoms. The lowest BCUT2D eigenvalue weighted by molar-refractivity contribution is 0.0733. The number of nitrogens with zero attached hydrogens (tertiary/aromatic N) is 1. The molecule has 0 fully saturated rings. The lowest BCUT2D eigenvalue weighted by Gasteiger charge is -2.09. The van der Waals surface area contributed by atoms with Gasteiger partial charge in [0.25, 0.3) is 5.91 Å². The van der Waals surface area contributed by atoms with Crippen molar-refractivity contribution in [3.63, 3.8) is 0 Å². The number of H-pyrrole nitrogens is 1. The highest BCUT2D eigenvalue weighted by molar-refractivity contribution is 9.10. The van der Waals surface area contributed by atoms with Crippen molar-refractivity contribution < 1.29 is 23.8 Å². The number of aromatic nitrogens is 1. The van der Waals surface area contributed by atoms with Gasteiger partial charge < -0.3 is 19.2 Å². The minimum Gasteiger partial charge on any atom is -0.497 e. The summed E-state index contributed by atoms with van der Waals surface area (Å²) in [5.74, 6) is 0.548. The first kappa shape index (κ1) is 27.7. The Kier molecular flexibility index (Phi) is 8.45. The fraction of sp³-hybridized carbons (Fsp3) is 0.0938. The predicted molar refractivity (Wildman–Crippen MR) is 162 cm³/mol. The summed E-state index contributed by atoms with van der Waals surface area (Å²) in [6, 6.07) is 27.1. The number of nitrogens with one attached hydrogen (secondary N) is 2. The van der Waals surface area contributed by atoms with Crippen LogP contribution in [0.4, 0.5) is 0 Å². The summed E-state index contributed by atoms with van der Waals surface area (Å²) in [6.45, 7) is 2.46. The van der Waals surface area contributed by atoms with Crippen molar-refractivity contribution >= 4 is 44.9 Å². The van der Waals surface area contributed by atoms with Gasteiger partial charge in [-0.2, -0.15) is 5.10 Å². The number of halogens is 1. The van der Waals surface area contributed by atoms with Gasteiger partial charge in [-0.25, -0.2) is 10.2 Å². The standard InChI is InChI=1S/C32H26BrN3O5/c1-3-40-25-13-14-27-26(18-25)29(20-8-5-4-6-9-20)30(35-27)31(37)36-34-19-22-16-23(33)12-15-28(22)41-32(38)21-10-7-11-24(17-21)39-2/h4-19,35H,3H2,1-2H3,(H,36,37). The average molecular weight is 612 g/mol. The highest BCUT2D eigenvalue weighted by Crippen LogP contribution is 2.34. The number of rotatable bonds is 9. The number of fused-ring (bicyclic) bond motifs is 1. The molecule has 0 atom stereocenters. The first-order valence-electron chi connectivity index (χ1n) is 12.8. The van der Waals surface area contributed by atoms with Crippen LogP contribution >= 0.6 is 15.9 Å². The third-order valence-corrected chi connectivity index (χ3v) is 6.71. The van der Waals surface area contributed by atoms with Crippen LogP contribution in [-0.2, 0) is 0 Å². The van der Waals surface area contributed by atoms with Gasteiger partial charge in [-0.15, -0.1) is 0 Å². The number of esters is 1. The average Bonchev–Trinajstić information content (AvgIpc) is 3.38. The molecule has 0 spiro atoms. The summed E-state index contributed by atoms with van der Waals surface area (Å²) in [6.07, 6.45) is 1.43. The molecule has 5 rings (SSSR count). The molecule has 0 aliphatic rings. The largest absolute Gasteiger partial charge is 0.497 e. The Bertz CT molecular complexity index is 1750. The molecule has 206 valence electrons. The number of ether oxygens (including phenoxy) is 3. The predicted octanol–water partition coefficient (Wildman–Crippen LogP) is 6.99. The molecule has 0 saturated carbocycles. The number of hydrogen-bond acceptors (Lipinski definition) is 6. The summed E-state index contributed by atoms with van der Waals surface area (Å²) >= 11 is 3.43. The first-order valence-corrected chi connectivity index (χ1v) is 13.6. The summed E-state index contributed by atoms with van der Waals surface area (Å²) in [4.78, 5) is 29.4. The van der Waals surface area contributed by atoms with E-state index in [0.29, 0.717) is 34.9 Å². The molecule has 2 N–H and O–H groups in total. The van der Waals surface area contributed by atoms with Gasteiger partial charge in [0.05, 0.1) is 25.5 Å². The van der Waals surface area contributed by atoms with E-state index in [1.165, 1.54) is 13.3 Å². The number of methoxy groups -OCH3 is 1. The Hall–Kier alpha value is -4.89. The van der Waals surface area contributed by atoms with Crippen molar-refractivity contribution in [2.75, 3.05) is 13.7 Å². The van der Waals surface area contributed by atoms with Gasteiger partial charge in [0.1, 0.15) is 22.9 Å². The summed E-state index contributed by atoms with van der Waals surface area (Å²) < 4.78 is 17.3. The lowest BCUT2D eigenvalue weighted by atomic mass is 10.0. The lowest BCUT2D eigenvalue weighted by Crippen LogP contribution is -2.19. The molecule has 5 aromatic rings. The second-order valence-corrected chi connectivity index (χ2v) is 9.80. The van der Waals surface area contributed by atoms with Crippen LogP contribution in [0.5, 0.6) is 17.2 Å².